The first kappa shape index (κ1) is 16.2. The second-order valence-corrected chi connectivity index (χ2v) is 4.93. The Labute approximate surface area is 118 Å². The first-order valence-corrected chi connectivity index (χ1v) is 6.81. The maximum Gasteiger partial charge on any atom is 0.311 e. The molecule has 0 aliphatic carbocycles. The standard InChI is InChI=1S/C14H22N2O4/c1-4-5-12(17)9-15-11-6-7-13(16(18)19)14(8-11)20-10(2)3/h6-8,10,12,15,17H,4-5,9H2,1-3H3. The van der Waals surface area contributed by atoms with Gasteiger partial charge in [0.25, 0.3) is 0 Å². The largest absolute Gasteiger partial charge is 0.484 e. The number of benzene rings is 1. The fourth-order valence-corrected chi connectivity index (χ4v) is 1.79. The molecule has 0 amide bonds. The van der Waals surface area contributed by atoms with Gasteiger partial charge in [-0.05, 0) is 26.3 Å². The minimum Gasteiger partial charge on any atom is -0.484 e. The van der Waals surface area contributed by atoms with Crippen LogP contribution in [0.4, 0.5) is 11.4 Å². The number of aliphatic hydroxyl groups excluding tert-OH is 1. The van der Waals surface area contributed by atoms with Crippen molar-refractivity contribution in [3.63, 3.8) is 0 Å². The van der Waals surface area contributed by atoms with Gasteiger partial charge in [0.05, 0.1) is 17.1 Å². The molecule has 0 spiro atoms. The first-order chi connectivity index (χ1) is 9.43. The van der Waals surface area contributed by atoms with Crippen molar-refractivity contribution >= 4 is 11.4 Å². The van der Waals surface area contributed by atoms with Crippen molar-refractivity contribution in [3.8, 4) is 5.75 Å². The van der Waals surface area contributed by atoms with Crippen LogP contribution < -0.4 is 10.1 Å². The van der Waals surface area contributed by atoms with Gasteiger partial charge in [0, 0.05) is 24.4 Å². The van der Waals surface area contributed by atoms with Crippen molar-refractivity contribution in [1.29, 1.82) is 0 Å². The lowest BCUT2D eigenvalue weighted by atomic mass is 10.2. The van der Waals surface area contributed by atoms with Crippen molar-refractivity contribution < 1.29 is 14.8 Å². The molecule has 0 heterocycles. The van der Waals surface area contributed by atoms with Crippen molar-refractivity contribution in [2.45, 2.75) is 45.8 Å². The number of rotatable bonds is 8. The van der Waals surface area contributed by atoms with Gasteiger partial charge in [0.1, 0.15) is 0 Å². The highest BCUT2D eigenvalue weighted by Crippen LogP contribution is 2.30. The molecule has 0 saturated heterocycles. The summed E-state index contributed by atoms with van der Waals surface area (Å²) in [6.45, 7) is 6.04. The number of nitrogens with one attached hydrogen (secondary N) is 1. The Hall–Kier alpha value is -1.82. The van der Waals surface area contributed by atoms with E-state index < -0.39 is 11.0 Å². The van der Waals surface area contributed by atoms with Gasteiger partial charge in [0.2, 0.25) is 0 Å². The van der Waals surface area contributed by atoms with Gasteiger partial charge in [-0.3, -0.25) is 10.1 Å². The third-order valence-corrected chi connectivity index (χ3v) is 2.68. The number of aliphatic hydroxyl groups is 1. The van der Waals surface area contributed by atoms with E-state index >= 15 is 0 Å². The number of anilines is 1. The van der Waals surface area contributed by atoms with Crippen molar-refractivity contribution in [3.05, 3.63) is 28.3 Å². The fraction of sp³-hybridized carbons (Fsp3) is 0.571. The SMILES string of the molecule is CCCC(O)CNc1ccc([N+](=O)[O-])c(OC(C)C)c1. The van der Waals surface area contributed by atoms with Crippen LogP contribution in [0.1, 0.15) is 33.6 Å². The normalized spacial score (nSPS) is 12.2. The lowest BCUT2D eigenvalue weighted by Crippen LogP contribution is -2.19. The number of ether oxygens (including phenoxy) is 1. The molecule has 0 aliphatic heterocycles. The molecule has 0 bridgehead atoms. The zero-order valence-corrected chi connectivity index (χ0v) is 12.1. The number of nitrogens with zero attached hydrogens (tertiary/aromatic N) is 1. The smallest absolute Gasteiger partial charge is 0.311 e. The van der Waals surface area contributed by atoms with E-state index in [0.717, 1.165) is 12.8 Å². The molecule has 1 atom stereocenters. The topological polar surface area (TPSA) is 84.6 Å². The minimum atomic E-state index is -0.465. The Balaban J connectivity index is 2.81. The van der Waals surface area contributed by atoms with Gasteiger partial charge in [-0.1, -0.05) is 13.3 Å². The van der Waals surface area contributed by atoms with Crippen LogP contribution in [-0.4, -0.2) is 28.8 Å². The molecular formula is C14H22N2O4. The summed E-state index contributed by atoms with van der Waals surface area (Å²) in [6, 6.07) is 4.62. The lowest BCUT2D eigenvalue weighted by molar-refractivity contribution is -0.386. The number of nitro groups is 1. The predicted octanol–water partition coefficient (Wildman–Crippen LogP) is 2.95. The van der Waals surface area contributed by atoms with Crippen LogP contribution in [0, 0.1) is 10.1 Å². The second-order valence-electron chi connectivity index (χ2n) is 4.93. The van der Waals surface area contributed by atoms with E-state index in [2.05, 4.69) is 5.32 Å². The average molecular weight is 282 g/mol. The molecular weight excluding hydrogens is 260 g/mol. The Morgan fingerprint density at radius 1 is 1.45 bits per heavy atom. The van der Waals surface area contributed by atoms with Crippen LogP contribution in [0.5, 0.6) is 5.75 Å². The van der Waals surface area contributed by atoms with Crippen LogP contribution in [0.15, 0.2) is 18.2 Å². The van der Waals surface area contributed by atoms with E-state index in [1.54, 1.807) is 12.1 Å². The fourth-order valence-electron chi connectivity index (χ4n) is 1.79. The van der Waals surface area contributed by atoms with Gasteiger partial charge in [-0.2, -0.15) is 0 Å². The zero-order chi connectivity index (χ0) is 15.1. The van der Waals surface area contributed by atoms with E-state index in [0.29, 0.717) is 12.2 Å². The molecule has 0 aliphatic rings. The van der Waals surface area contributed by atoms with Crippen molar-refractivity contribution in [2.24, 2.45) is 0 Å². The molecule has 0 aromatic heterocycles. The zero-order valence-electron chi connectivity index (χ0n) is 12.1. The molecule has 1 aromatic rings. The van der Waals surface area contributed by atoms with Gasteiger partial charge in [-0.25, -0.2) is 0 Å². The maximum atomic E-state index is 10.9. The summed E-state index contributed by atoms with van der Waals surface area (Å²) in [5.41, 5.74) is 0.639. The molecule has 0 saturated carbocycles. The van der Waals surface area contributed by atoms with Crippen LogP contribution in [0.2, 0.25) is 0 Å². The summed E-state index contributed by atoms with van der Waals surface area (Å²) in [4.78, 5) is 10.5. The summed E-state index contributed by atoms with van der Waals surface area (Å²) >= 11 is 0. The predicted molar refractivity (Wildman–Crippen MR) is 78.3 cm³/mol. The molecule has 1 rings (SSSR count). The highest BCUT2D eigenvalue weighted by Gasteiger charge is 2.17. The Morgan fingerprint density at radius 2 is 2.15 bits per heavy atom. The summed E-state index contributed by atoms with van der Waals surface area (Å²) in [5.74, 6) is 0.236. The lowest BCUT2D eigenvalue weighted by Gasteiger charge is -2.14. The van der Waals surface area contributed by atoms with Crippen molar-refractivity contribution in [1.82, 2.24) is 0 Å². The van der Waals surface area contributed by atoms with E-state index in [1.165, 1.54) is 6.07 Å². The van der Waals surface area contributed by atoms with Gasteiger partial charge >= 0.3 is 5.69 Å². The average Bonchev–Trinajstić information content (AvgIpc) is 2.36. The van der Waals surface area contributed by atoms with Crippen molar-refractivity contribution in [2.75, 3.05) is 11.9 Å². The molecule has 0 fully saturated rings. The molecule has 112 valence electrons. The molecule has 0 radical (unpaired) electrons. The van der Waals surface area contributed by atoms with E-state index in [9.17, 15) is 15.2 Å². The highest BCUT2D eigenvalue weighted by atomic mass is 16.6. The number of hydrogen-bond acceptors (Lipinski definition) is 5. The van der Waals surface area contributed by atoms with Crippen LogP contribution in [0.25, 0.3) is 0 Å². The molecule has 2 N–H and O–H groups in total. The molecule has 1 unspecified atom stereocenters. The Morgan fingerprint density at radius 3 is 2.70 bits per heavy atom. The summed E-state index contributed by atoms with van der Waals surface area (Å²) < 4.78 is 5.46. The minimum absolute atomic E-state index is 0.0571. The number of hydrogen-bond donors (Lipinski definition) is 2. The van der Waals surface area contributed by atoms with Gasteiger partial charge in [-0.15, -0.1) is 0 Å². The Bertz CT molecular complexity index is 449. The quantitative estimate of drug-likeness (QED) is 0.565. The molecule has 6 nitrogen and oxygen atoms in total. The van der Waals surface area contributed by atoms with Crippen LogP contribution >= 0.6 is 0 Å². The molecule has 20 heavy (non-hydrogen) atoms. The summed E-state index contributed by atoms with van der Waals surface area (Å²) in [5, 5.41) is 23.7. The third-order valence-electron chi connectivity index (χ3n) is 2.68. The van der Waals surface area contributed by atoms with Crippen LogP contribution in [-0.2, 0) is 0 Å². The Kier molecular flexibility index (Phi) is 6.24. The first-order valence-electron chi connectivity index (χ1n) is 6.81. The van der Waals surface area contributed by atoms with Crippen LogP contribution in [0.3, 0.4) is 0 Å². The highest BCUT2D eigenvalue weighted by molar-refractivity contribution is 5.58. The van der Waals surface area contributed by atoms with Gasteiger partial charge < -0.3 is 15.2 Å². The summed E-state index contributed by atoms with van der Waals surface area (Å²) in [7, 11) is 0. The summed E-state index contributed by atoms with van der Waals surface area (Å²) in [6.07, 6.45) is 1.06. The molecule has 6 heteroatoms. The maximum absolute atomic E-state index is 10.9. The van der Waals surface area contributed by atoms with Gasteiger partial charge in [0.15, 0.2) is 5.75 Å². The molecule has 1 aromatic carbocycles. The van der Waals surface area contributed by atoms with E-state index in [-0.39, 0.29) is 17.5 Å². The second kappa shape index (κ2) is 7.69. The van der Waals surface area contributed by atoms with E-state index in [1.807, 2.05) is 20.8 Å². The third kappa shape index (κ3) is 5.05. The van der Waals surface area contributed by atoms with E-state index in [4.69, 9.17) is 4.74 Å². The number of nitro benzene ring substituents is 1. The monoisotopic (exact) mass is 282 g/mol.